The number of carbonyl (C=O) groups excluding carboxylic acids is 2. The molecular weight excluding hydrogens is 392 g/mol. The molecule has 1 fully saturated rings. The summed E-state index contributed by atoms with van der Waals surface area (Å²) in [7, 11) is 3.53. The number of nitrogens with one attached hydrogen (secondary N) is 1. The zero-order valence-corrected chi connectivity index (χ0v) is 17.7. The maximum Gasteiger partial charge on any atom is 0.227 e. The van der Waals surface area contributed by atoms with E-state index < -0.39 is 0 Å². The zero-order valence-electron chi connectivity index (χ0n) is 17.7. The van der Waals surface area contributed by atoms with Crippen LogP contribution in [-0.2, 0) is 23.1 Å². The number of ether oxygens (including phenoxy) is 1. The largest absolute Gasteiger partial charge is 0.497 e. The normalized spacial score (nSPS) is 14.5. The van der Waals surface area contributed by atoms with Crippen LogP contribution in [0.5, 0.6) is 5.75 Å². The number of methoxy groups -OCH3 is 1. The van der Waals surface area contributed by atoms with Crippen molar-refractivity contribution < 1.29 is 14.3 Å². The molecule has 31 heavy (non-hydrogen) atoms. The number of nitrogens with zero attached hydrogens (tertiary/aromatic N) is 3. The van der Waals surface area contributed by atoms with Gasteiger partial charge >= 0.3 is 0 Å². The molecule has 2 heterocycles. The second kappa shape index (κ2) is 9.04. The molecule has 0 bridgehead atoms. The number of rotatable bonds is 7. The number of imidazole rings is 1. The summed E-state index contributed by atoms with van der Waals surface area (Å²) < 4.78 is 7.14. The summed E-state index contributed by atoms with van der Waals surface area (Å²) in [5.41, 5.74) is 2.70. The molecule has 2 amide bonds. The molecule has 1 aliphatic rings. The number of hydrogen-bond donors (Lipinski definition) is 1. The number of hydrogen-bond acceptors (Lipinski definition) is 4. The molecule has 0 spiro atoms. The molecule has 1 aliphatic heterocycles. The van der Waals surface area contributed by atoms with Gasteiger partial charge in [0, 0.05) is 38.1 Å². The van der Waals surface area contributed by atoms with E-state index >= 15 is 0 Å². The van der Waals surface area contributed by atoms with Gasteiger partial charge in [-0.05, 0) is 41.8 Å². The molecule has 1 N–H and O–H groups in total. The number of carbonyl (C=O) groups is 2. The third-order valence-electron chi connectivity index (χ3n) is 5.56. The molecule has 0 aliphatic carbocycles. The van der Waals surface area contributed by atoms with Crippen LogP contribution in [0.3, 0.4) is 0 Å². The summed E-state index contributed by atoms with van der Waals surface area (Å²) >= 11 is 0. The second-order valence-corrected chi connectivity index (χ2v) is 7.66. The molecule has 4 rings (SSSR count). The van der Waals surface area contributed by atoms with Crippen LogP contribution in [0, 0.1) is 0 Å². The maximum atomic E-state index is 12.9. The Labute approximate surface area is 181 Å². The van der Waals surface area contributed by atoms with Gasteiger partial charge < -0.3 is 19.5 Å². The summed E-state index contributed by atoms with van der Waals surface area (Å²) in [5.74, 6) is 1.56. The van der Waals surface area contributed by atoms with E-state index in [2.05, 4.69) is 10.3 Å². The summed E-state index contributed by atoms with van der Waals surface area (Å²) in [6.45, 7) is 0.756. The van der Waals surface area contributed by atoms with Gasteiger partial charge in [-0.15, -0.1) is 0 Å². The molecule has 160 valence electrons. The summed E-state index contributed by atoms with van der Waals surface area (Å²) in [6, 6.07) is 14.9. The SMILES string of the molecule is COc1ccc(C(NC(=O)Cc2ccc(N3CCCC3=O)cc2)c2nccn2C)cc1. The minimum atomic E-state index is -0.375. The third kappa shape index (κ3) is 4.60. The Morgan fingerprint density at radius 3 is 2.48 bits per heavy atom. The molecule has 1 unspecified atom stereocenters. The fraction of sp³-hybridized carbons (Fsp3) is 0.292. The van der Waals surface area contributed by atoms with Gasteiger partial charge in [-0.1, -0.05) is 24.3 Å². The van der Waals surface area contributed by atoms with E-state index in [9.17, 15) is 9.59 Å². The fourth-order valence-electron chi connectivity index (χ4n) is 3.86. The van der Waals surface area contributed by atoms with Crippen LogP contribution >= 0.6 is 0 Å². The van der Waals surface area contributed by atoms with Crippen molar-refractivity contribution in [2.24, 2.45) is 7.05 Å². The van der Waals surface area contributed by atoms with E-state index in [0.29, 0.717) is 6.42 Å². The monoisotopic (exact) mass is 418 g/mol. The van der Waals surface area contributed by atoms with Crippen LogP contribution < -0.4 is 15.0 Å². The van der Waals surface area contributed by atoms with Gasteiger partial charge in [0.1, 0.15) is 17.6 Å². The lowest BCUT2D eigenvalue weighted by molar-refractivity contribution is -0.121. The van der Waals surface area contributed by atoms with Crippen molar-refractivity contribution in [1.82, 2.24) is 14.9 Å². The zero-order chi connectivity index (χ0) is 21.8. The maximum absolute atomic E-state index is 12.9. The first kappa shape index (κ1) is 20.7. The highest BCUT2D eigenvalue weighted by Gasteiger charge is 2.23. The molecule has 1 aromatic heterocycles. The third-order valence-corrected chi connectivity index (χ3v) is 5.56. The van der Waals surface area contributed by atoms with Gasteiger partial charge in [0.25, 0.3) is 0 Å². The molecule has 7 heteroatoms. The van der Waals surface area contributed by atoms with Crippen LogP contribution in [0.1, 0.15) is 35.8 Å². The van der Waals surface area contributed by atoms with Gasteiger partial charge in [0.2, 0.25) is 11.8 Å². The van der Waals surface area contributed by atoms with E-state index in [1.165, 1.54) is 0 Å². The molecule has 3 aromatic rings. The number of aryl methyl sites for hydroxylation is 1. The number of aromatic nitrogens is 2. The average Bonchev–Trinajstić information content (AvgIpc) is 3.41. The lowest BCUT2D eigenvalue weighted by Crippen LogP contribution is -2.32. The second-order valence-electron chi connectivity index (χ2n) is 7.66. The van der Waals surface area contributed by atoms with Crippen molar-refractivity contribution in [3.05, 3.63) is 77.9 Å². The van der Waals surface area contributed by atoms with E-state index in [1.807, 2.05) is 66.3 Å². The lowest BCUT2D eigenvalue weighted by atomic mass is 10.0. The van der Waals surface area contributed by atoms with Crippen molar-refractivity contribution in [2.45, 2.75) is 25.3 Å². The highest BCUT2D eigenvalue weighted by molar-refractivity contribution is 5.95. The van der Waals surface area contributed by atoms with Crippen molar-refractivity contribution in [1.29, 1.82) is 0 Å². The van der Waals surface area contributed by atoms with E-state index in [4.69, 9.17) is 4.74 Å². The van der Waals surface area contributed by atoms with Crippen molar-refractivity contribution in [3.8, 4) is 5.75 Å². The standard InChI is InChI=1S/C24H26N4O3/c1-27-15-13-25-24(27)23(18-7-11-20(31-2)12-8-18)26-21(29)16-17-5-9-19(10-6-17)28-14-3-4-22(28)30/h5-13,15,23H,3-4,14,16H2,1-2H3,(H,26,29). The van der Waals surface area contributed by atoms with Crippen LogP contribution in [0.25, 0.3) is 0 Å². The predicted octanol–water partition coefficient (Wildman–Crippen LogP) is 3.00. The quantitative estimate of drug-likeness (QED) is 0.640. The lowest BCUT2D eigenvalue weighted by Gasteiger charge is -2.20. The summed E-state index contributed by atoms with van der Waals surface area (Å²) in [5, 5.41) is 3.11. The Morgan fingerprint density at radius 2 is 1.90 bits per heavy atom. The first-order valence-electron chi connectivity index (χ1n) is 10.3. The minimum absolute atomic E-state index is 0.103. The highest BCUT2D eigenvalue weighted by atomic mass is 16.5. The Balaban J connectivity index is 1.48. The Kier molecular flexibility index (Phi) is 6.02. The van der Waals surface area contributed by atoms with Crippen LogP contribution in [0.15, 0.2) is 60.9 Å². The van der Waals surface area contributed by atoms with Gasteiger partial charge in [-0.3, -0.25) is 9.59 Å². The molecule has 1 saturated heterocycles. The average molecular weight is 418 g/mol. The molecular formula is C24H26N4O3. The predicted molar refractivity (Wildman–Crippen MR) is 118 cm³/mol. The molecule has 0 radical (unpaired) electrons. The smallest absolute Gasteiger partial charge is 0.227 e. The number of benzene rings is 2. The van der Waals surface area contributed by atoms with Crippen molar-refractivity contribution in [2.75, 3.05) is 18.6 Å². The topological polar surface area (TPSA) is 76.5 Å². The molecule has 1 atom stereocenters. The number of anilines is 1. The van der Waals surface area contributed by atoms with E-state index in [1.54, 1.807) is 18.2 Å². The van der Waals surface area contributed by atoms with Crippen molar-refractivity contribution in [3.63, 3.8) is 0 Å². The summed E-state index contributed by atoms with van der Waals surface area (Å²) in [6.07, 6.45) is 5.31. The first-order valence-corrected chi connectivity index (χ1v) is 10.3. The summed E-state index contributed by atoms with van der Waals surface area (Å²) in [4.78, 5) is 31.0. The van der Waals surface area contributed by atoms with Gasteiger partial charge in [-0.2, -0.15) is 0 Å². The van der Waals surface area contributed by atoms with Gasteiger partial charge in [0.05, 0.1) is 13.5 Å². The Hall–Kier alpha value is -3.61. The van der Waals surface area contributed by atoms with Gasteiger partial charge in [0.15, 0.2) is 0 Å². The van der Waals surface area contributed by atoms with Crippen LogP contribution in [0.2, 0.25) is 0 Å². The first-order chi connectivity index (χ1) is 15.0. The van der Waals surface area contributed by atoms with Crippen LogP contribution in [-0.4, -0.2) is 35.0 Å². The highest BCUT2D eigenvalue weighted by Crippen LogP contribution is 2.24. The number of amides is 2. The van der Waals surface area contributed by atoms with Crippen LogP contribution in [0.4, 0.5) is 5.69 Å². The molecule has 2 aromatic carbocycles. The Bertz CT molecular complexity index is 1060. The van der Waals surface area contributed by atoms with Crippen molar-refractivity contribution >= 4 is 17.5 Å². The van der Waals surface area contributed by atoms with E-state index in [0.717, 1.165) is 41.4 Å². The molecule has 7 nitrogen and oxygen atoms in total. The Morgan fingerprint density at radius 1 is 1.16 bits per heavy atom. The van der Waals surface area contributed by atoms with Gasteiger partial charge in [-0.25, -0.2) is 4.98 Å². The fourth-order valence-corrected chi connectivity index (χ4v) is 3.86. The molecule has 0 saturated carbocycles. The van der Waals surface area contributed by atoms with E-state index in [-0.39, 0.29) is 24.3 Å². The minimum Gasteiger partial charge on any atom is -0.497 e.